The molecule has 1 fully saturated rings. The summed E-state index contributed by atoms with van der Waals surface area (Å²) in [6.45, 7) is 7.64. The molecule has 0 aromatic carbocycles. The Morgan fingerprint density at radius 3 is 2.30 bits per heavy atom. The van der Waals surface area contributed by atoms with E-state index in [4.69, 9.17) is 9.47 Å². The van der Waals surface area contributed by atoms with Crippen LogP contribution in [0, 0.1) is 0 Å². The molecular weight excluding hydrogens is 250 g/mol. The molecule has 0 heterocycles. The van der Waals surface area contributed by atoms with Crippen LogP contribution >= 0.6 is 0 Å². The van der Waals surface area contributed by atoms with Crippen LogP contribution in [0.3, 0.4) is 0 Å². The van der Waals surface area contributed by atoms with E-state index in [0.29, 0.717) is 6.04 Å². The molecule has 0 radical (unpaired) electrons. The zero-order valence-corrected chi connectivity index (χ0v) is 14.3. The highest BCUT2D eigenvalue weighted by molar-refractivity contribution is 4.96. The van der Waals surface area contributed by atoms with E-state index >= 15 is 0 Å². The van der Waals surface area contributed by atoms with Crippen molar-refractivity contribution in [3.05, 3.63) is 0 Å². The lowest BCUT2D eigenvalue weighted by Crippen LogP contribution is -2.54. The Kier molecular flexibility index (Phi) is 7.49. The van der Waals surface area contributed by atoms with Gasteiger partial charge in [0.2, 0.25) is 0 Å². The first-order chi connectivity index (χ1) is 9.49. The van der Waals surface area contributed by atoms with E-state index in [1.54, 1.807) is 7.11 Å². The summed E-state index contributed by atoms with van der Waals surface area (Å²) >= 11 is 0. The van der Waals surface area contributed by atoms with Crippen molar-refractivity contribution in [3.63, 3.8) is 0 Å². The quantitative estimate of drug-likeness (QED) is 0.697. The Balaban J connectivity index is 2.70. The molecule has 0 aromatic rings. The third kappa shape index (κ3) is 5.01. The number of rotatable bonds is 9. The number of nitrogens with one attached hydrogen (secondary N) is 1. The first-order valence-corrected chi connectivity index (χ1v) is 8.33. The second-order valence-corrected chi connectivity index (χ2v) is 6.84. The highest BCUT2D eigenvalue weighted by Gasteiger charge is 2.40. The Morgan fingerprint density at radius 1 is 1.15 bits per heavy atom. The van der Waals surface area contributed by atoms with Gasteiger partial charge in [0.25, 0.3) is 0 Å². The van der Waals surface area contributed by atoms with Gasteiger partial charge in [0.1, 0.15) is 0 Å². The van der Waals surface area contributed by atoms with Crippen molar-refractivity contribution >= 4 is 0 Å². The standard InChI is InChI=1S/C17H35NO2/c1-6-14-18-15(10-13-16(2,3)19-4)17(20-5)11-8-7-9-12-17/h15,18H,6-14H2,1-5H3. The molecule has 3 heteroatoms. The summed E-state index contributed by atoms with van der Waals surface area (Å²) in [5.41, 5.74) is -0.00696. The van der Waals surface area contributed by atoms with E-state index < -0.39 is 0 Å². The SMILES string of the molecule is CCCNC(CCC(C)(C)OC)C1(OC)CCCCC1. The van der Waals surface area contributed by atoms with Crippen molar-refractivity contribution in [2.45, 2.75) is 89.4 Å². The highest BCUT2D eigenvalue weighted by atomic mass is 16.5. The Labute approximate surface area is 125 Å². The van der Waals surface area contributed by atoms with Crippen LogP contribution in [-0.4, -0.2) is 38.0 Å². The van der Waals surface area contributed by atoms with Crippen molar-refractivity contribution in [2.75, 3.05) is 20.8 Å². The van der Waals surface area contributed by atoms with Gasteiger partial charge in [-0.05, 0) is 52.5 Å². The number of methoxy groups -OCH3 is 2. The van der Waals surface area contributed by atoms with Gasteiger partial charge in [0.05, 0.1) is 11.2 Å². The maximum atomic E-state index is 6.03. The second-order valence-electron chi connectivity index (χ2n) is 6.84. The van der Waals surface area contributed by atoms with Crippen LogP contribution in [0.2, 0.25) is 0 Å². The smallest absolute Gasteiger partial charge is 0.0830 e. The molecule has 20 heavy (non-hydrogen) atoms. The van der Waals surface area contributed by atoms with Gasteiger partial charge < -0.3 is 14.8 Å². The van der Waals surface area contributed by atoms with E-state index in [1.165, 1.54) is 38.5 Å². The van der Waals surface area contributed by atoms with Crippen LogP contribution in [0.25, 0.3) is 0 Å². The molecule has 1 aliphatic carbocycles. The summed E-state index contributed by atoms with van der Waals surface area (Å²) in [6, 6.07) is 0.446. The zero-order chi connectivity index (χ0) is 15.1. The first kappa shape index (κ1) is 17.9. The lowest BCUT2D eigenvalue weighted by molar-refractivity contribution is -0.0756. The molecule has 0 aliphatic heterocycles. The second kappa shape index (κ2) is 8.35. The van der Waals surface area contributed by atoms with Gasteiger partial charge >= 0.3 is 0 Å². The van der Waals surface area contributed by atoms with E-state index in [9.17, 15) is 0 Å². The monoisotopic (exact) mass is 285 g/mol. The molecule has 1 saturated carbocycles. The highest BCUT2D eigenvalue weighted by Crippen LogP contribution is 2.36. The van der Waals surface area contributed by atoms with Crippen LogP contribution in [0.5, 0.6) is 0 Å². The summed E-state index contributed by atoms with van der Waals surface area (Å²) < 4.78 is 11.6. The summed E-state index contributed by atoms with van der Waals surface area (Å²) in [4.78, 5) is 0. The van der Waals surface area contributed by atoms with Crippen LogP contribution in [0.4, 0.5) is 0 Å². The summed E-state index contributed by atoms with van der Waals surface area (Å²) in [5.74, 6) is 0. The van der Waals surface area contributed by atoms with Crippen molar-refractivity contribution < 1.29 is 9.47 Å². The summed E-state index contributed by atoms with van der Waals surface area (Å²) in [7, 11) is 3.70. The first-order valence-electron chi connectivity index (χ1n) is 8.33. The van der Waals surface area contributed by atoms with Gasteiger partial charge in [-0.3, -0.25) is 0 Å². The molecule has 1 aliphatic rings. The van der Waals surface area contributed by atoms with E-state index in [0.717, 1.165) is 19.4 Å². The predicted octanol–water partition coefficient (Wildman–Crippen LogP) is 3.91. The molecule has 0 spiro atoms. The summed E-state index contributed by atoms with van der Waals surface area (Å²) in [5, 5.41) is 3.75. The maximum absolute atomic E-state index is 6.03. The molecule has 3 nitrogen and oxygen atoms in total. The normalized spacial score (nSPS) is 20.9. The fourth-order valence-electron chi connectivity index (χ4n) is 3.31. The Hall–Kier alpha value is -0.120. The van der Waals surface area contributed by atoms with Crippen molar-refractivity contribution in [2.24, 2.45) is 0 Å². The molecule has 120 valence electrons. The van der Waals surface area contributed by atoms with E-state index in [1.807, 2.05) is 7.11 Å². The number of hydrogen-bond acceptors (Lipinski definition) is 3. The van der Waals surface area contributed by atoms with E-state index in [-0.39, 0.29) is 11.2 Å². The van der Waals surface area contributed by atoms with Gasteiger partial charge in [-0.25, -0.2) is 0 Å². The van der Waals surface area contributed by atoms with Crippen LogP contribution < -0.4 is 5.32 Å². The van der Waals surface area contributed by atoms with Gasteiger partial charge in [-0.15, -0.1) is 0 Å². The van der Waals surface area contributed by atoms with Crippen molar-refractivity contribution in [3.8, 4) is 0 Å². The molecule has 1 unspecified atom stereocenters. The third-order valence-electron chi connectivity index (χ3n) is 4.97. The zero-order valence-electron chi connectivity index (χ0n) is 14.3. The topological polar surface area (TPSA) is 30.5 Å². The lowest BCUT2D eigenvalue weighted by Gasteiger charge is -2.44. The fourth-order valence-corrected chi connectivity index (χ4v) is 3.31. The van der Waals surface area contributed by atoms with Crippen LogP contribution in [0.1, 0.15) is 72.1 Å². The lowest BCUT2D eigenvalue weighted by atomic mass is 9.76. The molecular formula is C17H35NO2. The van der Waals surface area contributed by atoms with Crippen molar-refractivity contribution in [1.29, 1.82) is 0 Å². The van der Waals surface area contributed by atoms with Gasteiger partial charge in [-0.2, -0.15) is 0 Å². The molecule has 0 saturated heterocycles. The molecule has 1 rings (SSSR count). The minimum Gasteiger partial charge on any atom is -0.379 e. The van der Waals surface area contributed by atoms with Crippen molar-refractivity contribution in [1.82, 2.24) is 5.32 Å². The fraction of sp³-hybridized carbons (Fsp3) is 1.00. The summed E-state index contributed by atoms with van der Waals surface area (Å²) in [6.07, 6.45) is 9.69. The molecule has 0 bridgehead atoms. The number of ether oxygens (including phenoxy) is 2. The number of hydrogen-bond donors (Lipinski definition) is 1. The molecule has 1 N–H and O–H groups in total. The minimum absolute atomic E-state index is 0.0389. The molecule has 0 amide bonds. The van der Waals surface area contributed by atoms with Crippen LogP contribution in [0.15, 0.2) is 0 Å². The van der Waals surface area contributed by atoms with E-state index in [2.05, 4.69) is 26.1 Å². The Bertz CT molecular complexity index is 260. The third-order valence-corrected chi connectivity index (χ3v) is 4.97. The van der Waals surface area contributed by atoms with Gasteiger partial charge in [0.15, 0.2) is 0 Å². The average Bonchev–Trinajstić information content (AvgIpc) is 2.48. The largest absolute Gasteiger partial charge is 0.379 e. The predicted molar refractivity (Wildman–Crippen MR) is 85.2 cm³/mol. The molecule has 1 atom stereocenters. The molecule has 0 aromatic heterocycles. The maximum Gasteiger partial charge on any atom is 0.0830 e. The average molecular weight is 285 g/mol. The Morgan fingerprint density at radius 2 is 1.80 bits per heavy atom. The van der Waals surface area contributed by atoms with Gasteiger partial charge in [-0.1, -0.05) is 26.2 Å². The van der Waals surface area contributed by atoms with Gasteiger partial charge in [0, 0.05) is 20.3 Å². The minimum atomic E-state index is -0.0459. The van der Waals surface area contributed by atoms with Crippen LogP contribution in [-0.2, 0) is 9.47 Å².